The number of ether oxygens (including phenoxy) is 2. The van der Waals surface area contributed by atoms with Crippen LogP contribution in [0.15, 0.2) is 0 Å². The predicted molar refractivity (Wildman–Crippen MR) is 73.0 cm³/mol. The number of hydrogen-bond acceptors (Lipinski definition) is 4. The smallest absolute Gasteiger partial charge is 0.407 e. The zero-order valence-corrected chi connectivity index (χ0v) is 12.3. The number of carbonyl (C=O) groups excluding carboxylic acids is 1. The molecule has 1 aliphatic rings. The number of rotatable bonds is 6. The largest absolute Gasteiger partial charge is 0.444 e. The Kier molecular flexibility index (Phi) is 6.58. The minimum absolute atomic E-state index is 0.0664. The van der Waals surface area contributed by atoms with Gasteiger partial charge in [-0.25, -0.2) is 4.79 Å². The highest BCUT2D eigenvalue weighted by Gasteiger charge is 2.20. The molecule has 1 rings (SSSR count). The second-order valence-electron chi connectivity index (χ2n) is 6.14. The Morgan fingerprint density at radius 3 is 2.79 bits per heavy atom. The van der Waals surface area contributed by atoms with E-state index in [4.69, 9.17) is 9.47 Å². The van der Waals surface area contributed by atoms with Crippen molar-refractivity contribution >= 4 is 6.09 Å². The van der Waals surface area contributed by atoms with Gasteiger partial charge in [0, 0.05) is 19.8 Å². The fourth-order valence-corrected chi connectivity index (χ4v) is 2.09. The third kappa shape index (κ3) is 7.38. The van der Waals surface area contributed by atoms with E-state index in [0.29, 0.717) is 12.6 Å². The van der Waals surface area contributed by atoms with Crippen molar-refractivity contribution in [2.45, 2.75) is 58.2 Å². The Morgan fingerprint density at radius 1 is 1.53 bits per heavy atom. The van der Waals surface area contributed by atoms with E-state index in [2.05, 4.69) is 5.32 Å². The Morgan fingerprint density at radius 2 is 2.26 bits per heavy atom. The van der Waals surface area contributed by atoms with Crippen molar-refractivity contribution < 1.29 is 19.4 Å². The van der Waals surface area contributed by atoms with E-state index in [-0.39, 0.29) is 12.5 Å². The van der Waals surface area contributed by atoms with Crippen LogP contribution in [0.25, 0.3) is 0 Å². The molecule has 2 unspecified atom stereocenters. The van der Waals surface area contributed by atoms with Crippen LogP contribution < -0.4 is 5.32 Å². The van der Waals surface area contributed by atoms with Crippen LogP contribution >= 0.6 is 0 Å². The van der Waals surface area contributed by atoms with Gasteiger partial charge in [-0.1, -0.05) is 0 Å². The maximum Gasteiger partial charge on any atom is 0.407 e. The summed E-state index contributed by atoms with van der Waals surface area (Å²) in [6.45, 7) is 6.85. The zero-order valence-electron chi connectivity index (χ0n) is 12.3. The third-order valence-electron chi connectivity index (χ3n) is 3.11. The number of aliphatic hydroxyl groups excluding tert-OH is 1. The van der Waals surface area contributed by atoms with Crippen LogP contribution in [0.1, 0.15) is 46.5 Å². The molecule has 0 saturated carbocycles. The first kappa shape index (κ1) is 16.2. The molecule has 2 atom stereocenters. The Hall–Kier alpha value is -0.810. The van der Waals surface area contributed by atoms with E-state index < -0.39 is 11.7 Å². The van der Waals surface area contributed by atoms with Gasteiger partial charge >= 0.3 is 6.09 Å². The van der Waals surface area contributed by atoms with Gasteiger partial charge in [-0.15, -0.1) is 0 Å². The van der Waals surface area contributed by atoms with Crippen molar-refractivity contribution in [2.75, 3.05) is 19.8 Å². The Balaban J connectivity index is 2.18. The quantitative estimate of drug-likeness (QED) is 0.777. The van der Waals surface area contributed by atoms with Crippen molar-refractivity contribution in [3.05, 3.63) is 0 Å². The van der Waals surface area contributed by atoms with Crippen LogP contribution in [0.2, 0.25) is 0 Å². The number of carbonyl (C=O) groups is 1. The highest BCUT2D eigenvalue weighted by molar-refractivity contribution is 5.67. The molecule has 0 spiro atoms. The average molecular weight is 273 g/mol. The van der Waals surface area contributed by atoms with Crippen LogP contribution in [-0.4, -0.2) is 42.7 Å². The molecule has 0 aliphatic carbocycles. The molecule has 1 fully saturated rings. The maximum atomic E-state index is 11.5. The first-order valence-corrected chi connectivity index (χ1v) is 7.10. The lowest BCUT2D eigenvalue weighted by molar-refractivity contribution is 0.0505. The van der Waals surface area contributed by atoms with Crippen LogP contribution in [0.5, 0.6) is 0 Å². The molecule has 0 bridgehead atoms. The fraction of sp³-hybridized carbons (Fsp3) is 0.929. The third-order valence-corrected chi connectivity index (χ3v) is 3.11. The van der Waals surface area contributed by atoms with Crippen LogP contribution in [0.4, 0.5) is 4.79 Å². The second-order valence-corrected chi connectivity index (χ2v) is 6.14. The van der Waals surface area contributed by atoms with Gasteiger partial charge in [-0.2, -0.15) is 0 Å². The van der Waals surface area contributed by atoms with Gasteiger partial charge in [0.25, 0.3) is 0 Å². The van der Waals surface area contributed by atoms with Crippen molar-refractivity contribution in [1.29, 1.82) is 0 Å². The van der Waals surface area contributed by atoms with E-state index in [1.807, 2.05) is 20.8 Å². The number of hydrogen-bond donors (Lipinski definition) is 2. The first-order chi connectivity index (χ1) is 8.90. The lowest BCUT2D eigenvalue weighted by atomic mass is 10.0. The molecular formula is C14H27NO4. The minimum atomic E-state index is -0.490. The molecule has 5 heteroatoms. The molecule has 1 amide bonds. The summed E-state index contributed by atoms with van der Waals surface area (Å²) in [4.78, 5) is 11.5. The average Bonchev–Trinajstić information content (AvgIpc) is 2.80. The van der Waals surface area contributed by atoms with Gasteiger partial charge in [0.15, 0.2) is 0 Å². The summed E-state index contributed by atoms with van der Waals surface area (Å²) < 4.78 is 10.7. The van der Waals surface area contributed by atoms with Crippen molar-refractivity contribution in [3.63, 3.8) is 0 Å². The lowest BCUT2D eigenvalue weighted by Crippen LogP contribution is -2.36. The summed E-state index contributed by atoms with van der Waals surface area (Å²) in [7, 11) is 0. The molecule has 0 aromatic heterocycles. The molecule has 2 N–H and O–H groups in total. The lowest BCUT2D eigenvalue weighted by Gasteiger charge is -2.21. The normalized spacial score (nSPS) is 21.2. The molecule has 19 heavy (non-hydrogen) atoms. The number of nitrogens with one attached hydrogen (secondary N) is 1. The van der Waals surface area contributed by atoms with Gasteiger partial charge in [0.1, 0.15) is 5.60 Å². The molecule has 0 radical (unpaired) electrons. The highest BCUT2D eigenvalue weighted by atomic mass is 16.6. The van der Waals surface area contributed by atoms with Crippen molar-refractivity contribution in [2.24, 2.45) is 5.92 Å². The topological polar surface area (TPSA) is 67.8 Å². The molecule has 1 saturated heterocycles. The highest BCUT2D eigenvalue weighted by Crippen LogP contribution is 2.19. The number of alkyl carbamates (subject to hydrolysis) is 1. The van der Waals surface area contributed by atoms with Gasteiger partial charge < -0.3 is 19.9 Å². The standard InChI is InChI=1S/C14H27NO4/c1-14(2,3)19-13(17)15-9-11(10-16)6-7-12-5-4-8-18-12/h11-12,16H,4-10H2,1-3H3,(H,15,17). The molecule has 5 nitrogen and oxygen atoms in total. The van der Waals surface area contributed by atoms with Gasteiger partial charge in [-0.05, 0) is 52.4 Å². The predicted octanol–water partition coefficient (Wildman–Crippen LogP) is 2.08. The number of amides is 1. The fourth-order valence-electron chi connectivity index (χ4n) is 2.09. The van der Waals surface area contributed by atoms with E-state index in [9.17, 15) is 9.90 Å². The van der Waals surface area contributed by atoms with Gasteiger partial charge in [-0.3, -0.25) is 0 Å². The van der Waals surface area contributed by atoms with Gasteiger partial charge in [0.05, 0.1) is 6.10 Å². The zero-order chi connectivity index (χ0) is 14.3. The van der Waals surface area contributed by atoms with Crippen molar-refractivity contribution in [3.8, 4) is 0 Å². The molecule has 1 heterocycles. The number of aliphatic hydroxyl groups is 1. The van der Waals surface area contributed by atoms with Gasteiger partial charge in [0.2, 0.25) is 0 Å². The Labute approximate surface area is 115 Å². The van der Waals surface area contributed by atoms with Crippen LogP contribution in [-0.2, 0) is 9.47 Å². The van der Waals surface area contributed by atoms with Crippen LogP contribution in [0, 0.1) is 5.92 Å². The van der Waals surface area contributed by atoms with E-state index in [1.165, 1.54) is 0 Å². The van der Waals surface area contributed by atoms with Crippen molar-refractivity contribution in [1.82, 2.24) is 5.32 Å². The molecule has 112 valence electrons. The SMILES string of the molecule is CC(C)(C)OC(=O)NCC(CO)CCC1CCCO1. The maximum absolute atomic E-state index is 11.5. The molecule has 0 aromatic rings. The summed E-state index contributed by atoms with van der Waals surface area (Å²) in [5.41, 5.74) is -0.490. The summed E-state index contributed by atoms with van der Waals surface area (Å²) in [5, 5.41) is 12.0. The molecule has 0 aromatic carbocycles. The summed E-state index contributed by atoms with van der Waals surface area (Å²) in [6.07, 6.45) is 3.94. The monoisotopic (exact) mass is 273 g/mol. The molecular weight excluding hydrogens is 246 g/mol. The summed E-state index contributed by atoms with van der Waals surface area (Å²) in [6, 6.07) is 0. The van der Waals surface area contributed by atoms with E-state index in [0.717, 1.165) is 32.3 Å². The summed E-state index contributed by atoms with van der Waals surface area (Å²) in [5.74, 6) is 0.0664. The second kappa shape index (κ2) is 7.70. The first-order valence-electron chi connectivity index (χ1n) is 7.10. The molecule has 1 aliphatic heterocycles. The summed E-state index contributed by atoms with van der Waals surface area (Å²) >= 11 is 0. The Bertz CT molecular complexity index is 269. The van der Waals surface area contributed by atoms with Crippen LogP contribution in [0.3, 0.4) is 0 Å². The van der Waals surface area contributed by atoms with E-state index in [1.54, 1.807) is 0 Å². The minimum Gasteiger partial charge on any atom is -0.444 e. The van der Waals surface area contributed by atoms with E-state index >= 15 is 0 Å².